The van der Waals surface area contributed by atoms with E-state index in [1.807, 2.05) is 47.2 Å². The summed E-state index contributed by atoms with van der Waals surface area (Å²) in [4.78, 5) is 0. The van der Waals surface area contributed by atoms with Crippen LogP contribution in [-0.4, -0.2) is 4.57 Å². The summed E-state index contributed by atoms with van der Waals surface area (Å²) in [6, 6.07) is 21.0. The minimum Gasteiger partial charge on any atom is -0.317 e. The van der Waals surface area contributed by atoms with Crippen molar-refractivity contribution in [3.8, 4) is 5.69 Å². The Kier molecular flexibility index (Phi) is 4.12. The molecule has 1 heterocycles. The van der Waals surface area contributed by atoms with E-state index in [0.29, 0.717) is 12.2 Å². The molecule has 0 saturated heterocycles. The number of rotatable bonds is 5. The molecule has 0 atom stereocenters. The molecule has 2 aromatic carbocycles. The highest BCUT2D eigenvalue weighted by Gasteiger charge is 2.07. The van der Waals surface area contributed by atoms with Crippen molar-refractivity contribution in [2.24, 2.45) is 0 Å². The Labute approximate surface area is 123 Å². The average Bonchev–Trinajstić information content (AvgIpc) is 2.97. The summed E-state index contributed by atoms with van der Waals surface area (Å²) in [5.41, 5.74) is 2.86. The molecule has 2 nitrogen and oxygen atoms in total. The third-order valence-corrected chi connectivity index (χ3v) is 3.42. The Morgan fingerprint density at radius 2 is 1.57 bits per heavy atom. The molecule has 0 fully saturated rings. The van der Waals surface area contributed by atoms with E-state index in [1.54, 1.807) is 12.1 Å². The van der Waals surface area contributed by atoms with Crippen LogP contribution in [0.25, 0.3) is 5.69 Å². The molecular formula is C18H17FN2. The normalized spacial score (nSPS) is 10.7. The first kappa shape index (κ1) is 13.6. The Balaban J connectivity index is 1.70. The number of benzene rings is 2. The van der Waals surface area contributed by atoms with Crippen LogP contribution in [0.5, 0.6) is 0 Å². The minimum absolute atomic E-state index is 0.210. The number of hydrogen-bond donors (Lipinski definition) is 1. The van der Waals surface area contributed by atoms with Crippen LogP contribution in [0.3, 0.4) is 0 Å². The van der Waals surface area contributed by atoms with Crippen LogP contribution >= 0.6 is 0 Å². The molecule has 0 saturated carbocycles. The first-order chi connectivity index (χ1) is 10.3. The predicted molar refractivity (Wildman–Crippen MR) is 82.7 cm³/mol. The van der Waals surface area contributed by atoms with Crippen molar-refractivity contribution in [2.75, 3.05) is 0 Å². The highest BCUT2D eigenvalue weighted by molar-refractivity contribution is 5.36. The lowest BCUT2D eigenvalue weighted by atomic mass is 10.2. The second-order valence-corrected chi connectivity index (χ2v) is 4.91. The van der Waals surface area contributed by atoms with Crippen LogP contribution in [0.15, 0.2) is 72.9 Å². The zero-order valence-electron chi connectivity index (χ0n) is 11.7. The average molecular weight is 280 g/mol. The van der Waals surface area contributed by atoms with Gasteiger partial charge in [0.1, 0.15) is 5.82 Å². The topological polar surface area (TPSA) is 17.0 Å². The first-order valence-corrected chi connectivity index (χ1v) is 7.00. The van der Waals surface area contributed by atoms with Gasteiger partial charge in [-0.3, -0.25) is 0 Å². The van der Waals surface area contributed by atoms with E-state index in [-0.39, 0.29) is 5.82 Å². The van der Waals surface area contributed by atoms with Crippen molar-refractivity contribution in [1.29, 1.82) is 0 Å². The van der Waals surface area contributed by atoms with E-state index in [1.165, 1.54) is 11.6 Å². The molecule has 0 unspecified atom stereocenters. The number of nitrogens with zero attached hydrogens (tertiary/aromatic N) is 1. The number of halogens is 1. The smallest absolute Gasteiger partial charge is 0.147 e. The van der Waals surface area contributed by atoms with Gasteiger partial charge in [-0.1, -0.05) is 42.5 Å². The summed E-state index contributed by atoms with van der Waals surface area (Å²) in [7, 11) is 0. The summed E-state index contributed by atoms with van der Waals surface area (Å²) >= 11 is 0. The largest absolute Gasteiger partial charge is 0.317 e. The molecule has 0 radical (unpaired) electrons. The Morgan fingerprint density at radius 1 is 0.810 bits per heavy atom. The molecule has 3 heteroatoms. The van der Waals surface area contributed by atoms with Gasteiger partial charge in [-0.25, -0.2) is 4.39 Å². The molecular weight excluding hydrogens is 263 g/mol. The lowest BCUT2D eigenvalue weighted by Crippen LogP contribution is -2.15. The minimum atomic E-state index is -0.210. The maximum atomic E-state index is 13.9. The second kappa shape index (κ2) is 6.37. The van der Waals surface area contributed by atoms with Gasteiger partial charge in [0.25, 0.3) is 0 Å². The van der Waals surface area contributed by atoms with Gasteiger partial charge < -0.3 is 9.88 Å². The molecule has 0 amide bonds. The molecule has 0 aliphatic carbocycles. The third kappa shape index (κ3) is 3.20. The highest BCUT2D eigenvalue weighted by Crippen LogP contribution is 2.16. The SMILES string of the molecule is Fc1ccccc1-n1cccc1CNCc1ccccc1. The molecule has 1 aromatic heterocycles. The van der Waals surface area contributed by atoms with Crippen molar-refractivity contribution in [2.45, 2.75) is 13.1 Å². The fourth-order valence-electron chi connectivity index (χ4n) is 2.37. The van der Waals surface area contributed by atoms with E-state index < -0.39 is 0 Å². The maximum absolute atomic E-state index is 13.9. The molecule has 0 spiro atoms. The van der Waals surface area contributed by atoms with Crippen LogP contribution in [0.2, 0.25) is 0 Å². The number of nitrogens with one attached hydrogen (secondary N) is 1. The molecule has 0 aliphatic rings. The van der Waals surface area contributed by atoms with E-state index >= 15 is 0 Å². The molecule has 1 N–H and O–H groups in total. The number of hydrogen-bond acceptors (Lipinski definition) is 1. The quantitative estimate of drug-likeness (QED) is 0.750. The van der Waals surface area contributed by atoms with Crippen LogP contribution in [0, 0.1) is 5.82 Å². The van der Waals surface area contributed by atoms with Crippen molar-refractivity contribution in [3.63, 3.8) is 0 Å². The maximum Gasteiger partial charge on any atom is 0.147 e. The zero-order valence-corrected chi connectivity index (χ0v) is 11.7. The number of aromatic nitrogens is 1. The van der Waals surface area contributed by atoms with Crippen LogP contribution in [0.4, 0.5) is 4.39 Å². The van der Waals surface area contributed by atoms with Gasteiger partial charge in [-0.2, -0.15) is 0 Å². The molecule has 0 aliphatic heterocycles. The van der Waals surface area contributed by atoms with Crippen molar-refractivity contribution in [1.82, 2.24) is 9.88 Å². The monoisotopic (exact) mass is 280 g/mol. The standard InChI is InChI=1S/C18H17FN2/c19-17-10-4-5-11-18(17)21-12-6-9-16(21)14-20-13-15-7-2-1-3-8-15/h1-12,20H,13-14H2. The molecule has 106 valence electrons. The first-order valence-electron chi connectivity index (χ1n) is 7.00. The van der Waals surface area contributed by atoms with Gasteiger partial charge in [-0.05, 0) is 29.8 Å². The van der Waals surface area contributed by atoms with Gasteiger partial charge >= 0.3 is 0 Å². The molecule has 3 rings (SSSR count). The molecule has 21 heavy (non-hydrogen) atoms. The summed E-state index contributed by atoms with van der Waals surface area (Å²) in [5.74, 6) is -0.210. The van der Waals surface area contributed by atoms with Gasteiger partial charge in [0.05, 0.1) is 5.69 Å². The summed E-state index contributed by atoms with van der Waals surface area (Å²) in [6.07, 6.45) is 1.89. The number of para-hydroxylation sites is 1. The summed E-state index contributed by atoms with van der Waals surface area (Å²) in [6.45, 7) is 1.49. The van der Waals surface area contributed by atoms with Crippen molar-refractivity contribution in [3.05, 3.63) is 90.0 Å². The van der Waals surface area contributed by atoms with Crippen molar-refractivity contribution >= 4 is 0 Å². The Hall–Kier alpha value is -2.39. The summed E-state index contributed by atoms with van der Waals surface area (Å²) in [5, 5.41) is 3.39. The fraction of sp³-hybridized carbons (Fsp3) is 0.111. The van der Waals surface area contributed by atoms with Crippen LogP contribution in [-0.2, 0) is 13.1 Å². The zero-order chi connectivity index (χ0) is 14.5. The van der Waals surface area contributed by atoms with Gasteiger partial charge in [0.2, 0.25) is 0 Å². The third-order valence-electron chi connectivity index (χ3n) is 3.42. The van der Waals surface area contributed by atoms with E-state index in [9.17, 15) is 4.39 Å². The lowest BCUT2D eigenvalue weighted by Gasteiger charge is -2.11. The van der Waals surface area contributed by atoms with E-state index in [0.717, 1.165) is 12.2 Å². The second-order valence-electron chi connectivity index (χ2n) is 4.91. The Bertz CT molecular complexity index is 704. The lowest BCUT2D eigenvalue weighted by molar-refractivity contribution is 0.610. The van der Waals surface area contributed by atoms with E-state index in [2.05, 4.69) is 17.4 Å². The Morgan fingerprint density at radius 3 is 2.38 bits per heavy atom. The molecule has 3 aromatic rings. The molecule has 0 bridgehead atoms. The highest BCUT2D eigenvalue weighted by atomic mass is 19.1. The van der Waals surface area contributed by atoms with Crippen LogP contribution < -0.4 is 5.32 Å². The predicted octanol–water partition coefficient (Wildman–Crippen LogP) is 3.91. The fourth-order valence-corrected chi connectivity index (χ4v) is 2.37. The van der Waals surface area contributed by atoms with Gasteiger partial charge in [0, 0.05) is 25.0 Å². The van der Waals surface area contributed by atoms with E-state index in [4.69, 9.17) is 0 Å². The summed E-state index contributed by atoms with van der Waals surface area (Å²) < 4.78 is 15.8. The van der Waals surface area contributed by atoms with Gasteiger partial charge in [-0.15, -0.1) is 0 Å². The van der Waals surface area contributed by atoms with Gasteiger partial charge in [0.15, 0.2) is 0 Å². The van der Waals surface area contributed by atoms with Crippen LogP contribution in [0.1, 0.15) is 11.3 Å². The van der Waals surface area contributed by atoms with Crippen molar-refractivity contribution < 1.29 is 4.39 Å².